The summed E-state index contributed by atoms with van der Waals surface area (Å²) in [5.74, 6) is 2.17. The molecular formula is C23H37IN4O. The molecule has 5 nitrogen and oxygen atoms in total. The minimum Gasteiger partial charge on any atom is -0.508 e. The van der Waals surface area contributed by atoms with E-state index in [0.717, 1.165) is 49.9 Å². The molecule has 0 aromatic heterocycles. The number of nitrogens with zero attached hydrogens (tertiary/aromatic N) is 3. The van der Waals surface area contributed by atoms with Crippen molar-refractivity contribution in [2.24, 2.45) is 10.9 Å². The predicted octanol–water partition coefficient (Wildman–Crippen LogP) is 3.77. The van der Waals surface area contributed by atoms with Crippen LogP contribution in [0.15, 0.2) is 17.1 Å². The Balaban J connectivity index is 0.00000240. The van der Waals surface area contributed by atoms with Crippen LogP contribution in [0.5, 0.6) is 5.75 Å². The van der Waals surface area contributed by atoms with E-state index in [1.807, 2.05) is 6.07 Å². The molecule has 0 radical (unpaired) electrons. The van der Waals surface area contributed by atoms with E-state index < -0.39 is 0 Å². The van der Waals surface area contributed by atoms with Crippen molar-refractivity contribution in [1.82, 2.24) is 15.1 Å². The lowest BCUT2D eigenvalue weighted by molar-refractivity contribution is 0.281. The fourth-order valence-corrected chi connectivity index (χ4v) is 5.15. The molecule has 1 atom stereocenters. The van der Waals surface area contributed by atoms with Gasteiger partial charge >= 0.3 is 0 Å². The minimum absolute atomic E-state index is 0. The van der Waals surface area contributed by atoms with Gasteiger partial charge in [0.05, 0.1) is 6.54 Å². The summed E-state index contributed by atoms with van der Waals surface area (Å²) in [5.41, 5.74) is 3.80. The van der Waals surface area contributed by atoms with E-state index in [1.54, 1.807) is 0 Å². The number of likely N-dealkylation sites (tertiary alicyclic amines) is 2. The van der Waals surface area contributed by atoms with Gasteiger partial charge in [0.25, 0.3) is 0 Å². The first-order chi connectivity index (χ1) is 13.7. The molecule has 1 aromatic carbocycles. The molecule has 2 heterocycles. The van der Waals surface area contributed by atoms with Crippen LogP contribution in [-0.2, 0) is 19.4 Å². The highest BCUT2D eigenvalue weighted by atomic mass is 127. The van der Waals surface area contributed by atoms with E-state index in [9.17, 15) is 5.11 Å². The van der Waals surface area contributed by atoms with Gasteiger partial charge in [0.2, 0.25) is 0 Å². The smallest absolute Gasteiger partial charge is 0.194 e. The maximum absolute atomic E-state index is 10.5. The maximum Gasteiger partial charge on any atom is 0.194 e. The van der Waals surface area contributed by atoms with Gasteiger partial charge in [-0.3, -0.25) is 0 Å². The summed E-state index contributed by atoms with van der Waals surface area (Å²) in [6, 6.07) is 3.97. The molecule has 162 valence electrons. The Bertz CT molecular complexity index is 702. The fraction of sp³-hybridized carbons (Fsp3) is 0.696. The summed E-state index contributed by atoms with van der Waals surface area (Å²) < 4.78 is 0. The lowest BCUT2D eigenvalue weighted by atomic mass is 9.88. The third-order valence-electron chi connectivity index (χ3n) is 6.65. The Morgan fingerprint density at radius 1 is 1.14 bits per heavy atom. The lowest BCUT2D eigenvalue weighted by Crippen LogP contribution is -2.40. The van der Waals surface area contributed by atoms with Crippen molar-refractivity contribution in [1.29, 1.82) is 0 Å². The SMILES string of the molecule is CCNC(=NCc1c(O)ccc2c1CCCC2)N1CCC(CN2CCCC2)C1.I. The van der Waals surface area contributed by atoms with Gasteiger partial charge in [-0.15, -0.1) is 24.0 Å². The number of nitrogens with one attached hydrogen (secondary N) is 1. The molecule has 0 saturated carbocycles. The number of aliphatic imine (C=N–C) groups is 1. The van der Waals surface area contributed by atoms with Gasteiger partial charge in [0, 0.05) is 31.7 Å². The molecule has 1 unspecified atom stereocenters. The molecular weight excluding hydrogens is 475 g/mol. The van der Waals surface area contributed by atoms with Gasteiger partial charge in [0.15, 0.2) is 5.96 Å². The van der Waals surface area contributed by atoms with Gasteiger partial charge in [-0.05, 0) is 88.1 Å². The number of aromatic hydroxyl groups is 1. The highest BCUT2D eigenvalue weighted by Crippen LogP contribution is 2.31. The Morgan fingerprint density at radius 2 is 1.93 bits per heavy atom. The van der Waals surface area contributed by atoms with Crippen molar-refractivity contribution < 1.29 is 5.11 Å². The maximum atomic E-state index is 10.5. The third-order valence-corrected chi connectivity index (χ3v) is 6.65. The Morgan fingerprint density at radius 3 is 2.72 bits per heavy atom. The quantitative estimate of drug-likeness (QED) is 0.359. The molecule has 2 fully saturated rings. The van der Waals surface area contributed by atoms with Crippen molar-refractivity contribution in [2.45, 2.75) is 58.4 Å². The summed E-state index contributed by atoms with van der Waals surface area (Å²) in [6.07, 6.45) is 8.68. The number of rotatable bonds is 5. The molecule has 4 rings (SSSR count). The molecule has 1 aromatic rings. The predicted molar refractivity (Wildman–Crippen MR) is 130 cm³/mol. The van der Waals surface area contributed by atoms with Gasteiger partial charge in [-0.2, -0.15) is 0 Å². The molecule has 0 bridgehead atoms. The first kappa shape index (κ1) is 22.7. The molecule has 29 heavy (non-hydrogen) atoms. The van der Waals surface area contributed by atoms with Gasteiger partial charge < -0.3 is 20.2 Å². The van der Waals surface area contributed by atoms with Crippen molar-refractivity contribution in [3.63, 3.8) is 0 Å². The second kappa shape index (κ2) is 10.8. The number of phenols is 1. The van der Waals surface area contributed by atoms with Crippen LogP contribution in [0.25, 0.3) is 0 Å². The number of fused-ring (bicyclic) bond motifs is 1. The van der Waals surface area contributed by atoms with E-state index >= 15 is 0 Å². The number of benzene rings is 1. The first-order valence-electron chi connectivity index (χ1n) is 11.3. The lowest BCUT2D eigenvalue weighted by Gasteiger charge is -2.24. The van der Waals surface area contributed by atoms with E-state index in [2.05, 4.69) is 28.1 Å². The van der Waals surface area contributed by atoms with Gasteiger partial charge in [-0.1, -0.05) is 6.07 Å². The first-order valence-corrected chi connectivity index (χ1v) is 11.3. The standard InChI is InChI=1S/C23H36N4O.HI/c1-2-24-23(27-14-11-18(17-27)16-26-12-5-6-13-26)25-15-21-20-8-4-3-7-19(20)9-10-22(21)28;/h9-10,18,28H,2-8,11-17H2,1H3,(H,24,25);1H. The van der Waals surface area contributed by atoms with Crippen LogP contribution < -0.4 is 5.32 Å². The number of hydrogen-bond acceptors (Lipinski definition) is 3. The van der Waals surface area contributed by atoms with Crippen molar-refractivity contribution in [2.75, 3.05) is 39.3 Å². The van der Waals surface area contributed by atoms with Crippen LogP contribution in [0.2, 0.25) is 0 Å². The van der Waals surface area contributed by atoms with Crippen LogP contribution in [0.3, 0.4) is 0 Å². The van der Waals surface area contributed by atoms with Crippen molar-refractivity contribution in [3.05, 3.63) is 28.8 Å². The monoisotopic (exact) mass is 512 g/mol. The van der Waals surface area contributed by atoms with E-state index in [4.69, 9.17) is 4.99 Å². The highest BCUT2D eigenvalue weighted by Gasteiger charge is 2.27. The molecule has 3 aliphatic rings. The van der Waals surface area contributed by atoms with Crippen molar-refractivity contribution >= 4 is 29.9 Å². The number of hydrogen-bond donors (Lipinski definition) is 2. The summed E-state index contributed by atoms with van der Waals surface area (Å²) in [5, 5.41) is 14.0. The Hall–Kier alpha value is -1.02. The Labute approximate surface area is 193 Å². The van der Waals surface area contributed by atoms with Crippen molar-refractivity contribution in [3.8, 4) is 5.75 Å². The molecule has 1 aliphatic carbocycles. The van der Waals surface area contributed by atoms with E-state index in [0.29, 0.717) is 12.3 Å². The summed E-state index contributed by atoms with van der Waals surface area (Å²) in [6.45, 7) is 9.57. The number of guanidine groups is 1. The van der Waals surface area contributed by atoms with Crippen LogP contribution in [0.1, 0.15) is 55.7 Å². The average Bonchev–Trinajstić information content (AvgIpc) is 3.39. The third kappa shape index (κ3) is 5.57. The summed E-state index contributed by atoms with van der Waals surface area (Å²) >= 11 is 0. The Kier molecular flexibility index (Phi) is 8.47. The minimum atomic E-state index is 0. The zero-order valence-electron chi connectivity index (χ0n) is 17.8. The number of halogens is 1. The zero-order valence-corrected chi connectivity index (χ0v) is 20.2. The second-order valence-corrected chi connectivity index (χ2v) is 8.69. The molecule has 2 N–H and O–H groups in total. The topological polar surface area (TPSA) is 51.1 Å². The van der Waals surface area contributed by atoms with E-state index in [1.165, 1.54) is 62.9 Å². The van der Waals surface area contributed by atoms with Crippen LogP contribution in [0, 0.1) is 5.92 Å². The summed E-state index contributed by atoms with van der Waals surface area (Å²) in [7, 11) is 0. The summed E-state index contributed by atoms with van der Waals surface area (Å²) in [4.78, 5) is 10.0. The average molecular weight is 512 g/mol. The van der Waals surface area contributed by atoms with Crippen LogP contribution in [-0.4, -0.2) is 60.1 Å². The largest absolute Gasteiger partial charge is 0.508 e. The number of phenolic OH excluding ortho intramolecular Hbond substituents is 1. The molecule has 2 saturated heterocycles. The molecule has 6 heteroatoms. The fourth-order valence-electron chi connectivity index (χ4n) is 5.15. The molecule has 0 spiro atoms. The van der Waals surface area contributed by atoms with Gasteiger partial charge in [-0.25, -0.2) is 4.99 Å². The second-order valence-electron chi connectivity index (χ2n) is 8.69. The van der Waals surface area contributed by atoms with Gasteiger partial charge in [0.1, 0.15) is 5.75 Å². The van der Waals surface area contributed by atoms with Crippen LogP contribution in [0.4, 0.5) is 0 Å². The van der Waals surface area contributed by atoms with E-state index in [-0.39, 0.29) is 24.0 Å². The van der Waals surface area contributed by atoms with Crippen LogP contribution >= 0.6 is 24.0 Å². The molecule has 2 aliphatic heterocycles. The zero-order chi connectivity index (χ0) is 19.3. The normalized spacial score (nSPS) is 22.4. The number of aryl methyl sites for hydroxylation is 1. The highest BCUT2D eigenvalue weighted by molar-refractivity contribution is 14.0. The molecule has 0 amide bonds.